The number of halogens is 3. The standard InChI is InChI=1S/C28H32ClF2N3O3/c1-26(2,3)13-20-28(17-9-8-14(29)10-19(17)33-25(28)36)21(16-6-5-7-18(30)22(16)31)23(34-20)24(35)32-15-11-27(4,37)12-15/h5-10,15,20-21,23,34,37H,11-13H2,1-4H3,(H,32,35)(H,33,36)/t15?,20-,21+,23-,27?,28+/m1/s1. The summed E-state index contributed by atoms with van der Waals surface area (Å²) in [7, 11) is 0. The van der Waals surface area contributed by atoms with Crippen LogP contribution >= 0.6 is 11.6 Å². The van der Waals surface area contributed by atoms with Crippen LogP contribution in [0, 0.1) is 17.0 Å². The van der Waals surface area contributed by atoms with Crippen LogP contribution in [0.15, 0.2) is 36.4 Å². The molecule has 9 heteroatoms. The fraction of sp³-hybridized carbons (Fsp3) is 0.500. The fourth-order valence-corrected chi connectivity index (χ4v) is 6.72. The van der Waals surface area contributed by atoms with E-state index in [2.05, 4.69) is 16.0 Å². The maximum absolute atomic E-state index is 15.5. The quantitative estimate of drug-likeness (QED) is 0.471. The zero-order chi connectivity index (χ0) is 26.9. The van der Waals surface area contributed by atoms with Gasteiger partial charge in [-0.3, -0.25) is 9.59 Å². The number of carbonyl (C=O) groups is 2. The van der Waals surface area contributed by atoms with Crippen LogP contribution in [0.4, 0.5) is 14.5 Å². The largest absolute Gasteiger partial charge is 0.390 e. The Labute approximate surface area is 220 Å². The summed E-state index contributed by atoms with van der Waals surface area (Å²) in [5, 5.41) is 19.8. The number of hydrogen-bond acceptors (Lipinski definition) is 4. The summed E-state index contributed by atoms with van der Waals surface area (Å²) in [6, 6.07) is 7.07. The number of nitrogens with one attached hydrogen (secondary N) is 3. The highest BCUT2D eigenvalue weighted by Gasteiger charge is 2.66. The molecule has 4 N–H and O–H groups in total. The zero-order valence-corrected chi connectivity index (χ0v) is 22.0. The van der Waals surface area contributed by atoms with Crippen LogP contribution in [-0.2, 0) is 15.0 Å². The molecule has 0 aromatic heterocycles. The Bertz CT molecular complexity index is 1270. The number of anilines is 1. The van der Waals surface area contributed by atoms with Crippen molar-refractivity contribution < 1.29 is 23.5 Å². The second kappa shape index (κ2) is 8.75. The SMILES string of the molecule is CC(C)(C)C[C@H]1N[C@@H](C(=O)NC2CC(C)(O)C2)[C@H](c2cccc(F)c2F)[C@@]12C(=O)Nc1cc(Cl)ccc12. The third-order valence-corrected chi connectivity index (χ3v) is 8.17. The Morgan fingerprint density at radius 3 is 2.57 bits per heavy atom. The van der Waals surface area contributed by atoms with Gasteiger partial charge in [0.25, 0.3) is 0 Å². The van der Waals surface area contributed by atoms with Crippen molar-refractivity contribution in [1.82, 2.24) is 10.6 Å². The average Bonchev–Trinajstić information content (AvgIpc) is 3.23. The van der Waals surface area contributed by atoms with E-state index >= 15 is 4.39 Å². The number of rotatable bonds is 4. The predicted molar refractivity (Wildman–Crippen MR) is 137 cm³/mol. The second-order valence-corrected chi connectivity index (χ2v) is 12.6. The summed E-state index contributed by atoms with van der Waals surface area (Å²) in [5.74, 6) is -3.97. The summed E-state index contributed by atoms with van der Waals surface area (Å²) in [6.45, 7) is 7.78. The zero-order valence-electron chi connectivity index (χ0n) is 21.3. The molecule has 198 valence electrons. The molecule has 2 aromatic rings. The molecule has 5 rings (SSSR count). The lowest BCUT2D eigenvalue weighted by Crippen LogP contribution is -2.57. The Hall–Kier alpha value is -2.55. The molecule has 2 heterocycles. The van der Waals surface area contributed by atoms with Gasteiger partial charge in [0.05, 0.1) is 11.6 Å². The van der Waals surface area contributed by atoms with Gasteiger partial charge in [-0.1, -0.05) is 50.6 Å². The van der Waals surface area contributed by atoms with Gasteiger partial charge in [-0.2, -0.15) is 0 Å². The molecule has 0 unspecified atom stereocenters. The van der Waals surface area contributed by atoms with E-state index in [1.165, 1.54) is 12.1 Å². The molecule has 4 atom stereocenters. The minimum atomic E-state index is -1.39. The van der Waals surface area contributed by atoms with Crippen molar-refractivity contribution in [2.24, 2.45) is 5.41 Å². The molecular weight excluding hydrogens is 500 g/mol. The number of hydrogen-bond donors (Lipinski definition) is 4. The van der Waals surface area contributed by atoms with E-state index in [1.54, 1.807) is 25.1 Å². The smallest absolute Gasteiger partial charge is 0.238 e. The molecule has 1 spiro atoms. The maximum Gasteiger partial charge on any atom is 0.238 e. The fourth-order valence-electron chi connectivity index (χ4n) is 6.55. The molecule has 37 heavy (non-hydrogen) atoms. The van der Waals surface area contributed by atoms with Crippen molar-refractivity contribution in [3.63, 3.8) is 0 Å². The van der Waals surface area contributed by atoms with Gasteiger partial charge in [0.2, 0.25) is 11.8 Å². The number of aliphatic hydroxyl groups is 1. The lowest BCUT2D eigenvalue weighted by atomic mass is 9.62. The molecule has 1 saturated heterocycles. The van der Waals surface area contributed by atoms with Crippen LogP contribution in [0.3, 0.4) is 0 Å². The van der Waals surface area contributed by atoms with Crippen LogP contribution in [0.1, 0.15) is 64.0 Å². The molecule has 1 saturated carbocycles. The van der Waals surface area contributed by atoms with Crippen LogP contribution in [0.25, 0.3) is 0 Å². The normalized spacial score (nSPS) is 32.7. The predicted octanol–water partition coefficient (Wildman–Crippen LogP) is 4.40. The van der Waals surface area contributed by atoms with Crippen LogP contribution in [-0.4, -0.2) is 40.6 Å². The van der Waals surface area contributed by atoms with E-state index < -0.39 is 46.6 Å². The summed E-state index contributed by atoms with van der Waals surface area (Å²) >= 11 is 6.23. The van der Waals surface area contributed by atoms with Gasteiger partial charge >= 0.3 is 0 Å². The number of fused-ring (bicyclic) bond motifs is 2. The molecular formula is C28H32ClF2N3O3. The van der Waals surface area contributed by atoms with Gasteiger partial charge in [-0.15, -0.1) is 0 Å². The molecule has 3 aliphatic rings. The van der Waals surface area contributed by atoms with Crippen molar-refractivity contribution in [2.75, 3.05) is 5.32 Å². The highest BCUT2D eigenvalue weighted by Crippen LogP contribution is 2.57. The molecule has 0 bridgehead atoms. The first-order valence-corrected chi connectivity index (χ1v) is 12.9. The van der Waals surface area contributed by atoms with Gasteiger partial charge < -0.3 is 21.1 Å². The third-order valence-electron chi connectivity index (χ3n) is 7.94. The Balaban J connectivity index is 1.69. The van der Waals surface area contributed by atoms with Crippen molar-refractivity contribution in [3.05, 3.63) is 64.2 Å². The van der Waals surface area contributed by atoms with Crippen LogP contribution < -0.4 is 16.0 Å². The van der Waals surface area contributed by atoms with Gasteiger partial charge in [0.1, 0.15) is 5.41 Å². The lowest BCUT2D eigenvalue weighted by Gasteiger charge is -2.42. The number of benzene rings is 2. The molecule has 2 aliphatic heterocycles. The highest BCUT2D eigenvalue weighted by atomic mass is 35.5. The molecule has 1 aliphatic carbocycles. The summed E-state index contributed by atoms with van der Waals surface area (Å²) in [5.41, 5.74) is -1.45. The Kier molecular flexibility index (Phi) is 6.17. The first-order valence-electron chi connectivity index (χ1n) is 12.6. The minimum Gasteiger partial charge on any atom is -0.390 e. The molecule has 2 fully saturated rings. The summed E-state index contributed by atoms with van der Waals surface area (Å²) in [4.78, 5) is 27.7. The first-order chi connectivity index (χ1) is 17.2. The van der Waals surface area contributed by atoms with Gasteiger partial charge in [-0.25, -0.2) is 8.78 Å². The lowest BCUT2D eigenvalue weighted by molar-refractivity contribution is -0.127. The molecule has 2 amide bonds. The summed E-state index contributed by atoms with van der Waals surface area (Å²) < 4.78 is 30.0. The van der Waals surface area contributed by atoms with Gasteiger partial charge in [0.15, 0.2) is 11.6 Å². The minimum absolute atomic E-state index is 0.0392. The topological polar surface area (TPSA) is 90.5 Å². The van der Waals surface area contributed by atoms with Crippen molar-refractivity contribution >= 4 is 29.1 Å². The Morgan fingerprint density at radius 1 is 1.22 bits per heavy atom. The van der Waals surface area contributed by atoms with E-state index in [9.17, 15) is 19.1 Å². The van der Waals surface area contributed by atoms with Gasteiger partial charge in [0, 0.05) is 28.7 Å². The van der Waals surface area contributed by atoms with Crippen LogP contribution in [0.2, 0.25) is 5.02 Å². The second-order valence-electron chi connectivity index (χ2n) is 12.2. The van der Waals surface area contributed by atoms with Crippen molar-refractivity contribution in [3.8, 4) is 0 Å². The average molecular weight is 532 g/mol. The van der Waals surface area contributed by atoms with E-state index in [4.69, 9.17) is 11.6 Å². The Morgan fingerprint density at radius 2 is 1.92 bits per heavy atom. The van der Waals surface area contributed by atoms with Crippen LogP contribution in [0.5, 0.6) is 0 Å². The molecule has 6 nitrogen and oxygen atoms in total. The van der Waals surface area contributed by atoms with E-state index in [-0.39, 0.29) is 22.9 Å². The van der Waals surface area contributed by atoms with Crippen molar-refractivity contribution in [2.45, 2.75) is 82.0 Å². The molecule has 0 radical (unpaired) electrons. The maximum atomic E-state index is 15.5. The van der Waals surface area contributed by atoms with E-state index in [0.717, 1.165) is 6.07 Å². The first kappa shape index (κ1) is 26.1. The highest BCUT2D eigenvalue weighted by molar-refractivity contribution is 6.31. The van der Waals surface area contributed by atoms with E-state index in [0.29, 0.717) is 35.5 Å². The van der Waals surface area contributed by atoms with Gasteiger partial charge in [-0.05, 0) is 60.9 Å². The van der Waals surface area contributed by atoms with Crippen molar-refractivity contribution in [1.29, 1.82) is 0 Å². The summed E-state index contributed by atoms with van der Waals surface area (Å²) in [6.07, 6.45) is 1.27. The molecule has 2 aromatic carbocycles. The monoisotopic (exact) mass is 531 g/mol. The number of amides is 2. The number of carbonyl (C=O) groups excluding carboxylic acids is 2. The van der Waals surface area contributed by atoms with E-state index in [1.807, 2.05) is 20.8 Å². The third kappa shape index (κ3) is 4.33.